The largest absolute Gasteiger partial charge is 0.198 e. The van der Waals surface area contributed by atoms with Crippen LogP contribution in [0.5, 0.6) is 0 Å². The van der Waals surface area contributed by atoms with E-state index >= 15 is 0 Å². The van der Waals surface area contributed by atoms with Gasteiger partial charge in [0.2, 0.25) is 0 Å². The minimum atomic E-state index is 0.0482. The average Bonchev–Trinajstić information content (AvgIpc) is 2.32. The Morgan fingerprint density at radius 3 is 2.06 bits per heavy atom. The number of nitrogens with zero attached hydrogens (tertiary/aromatic N) is 1. The summed E-state index contributed by atoms with van der Waals surface area (Å²) in [4.78, 5) is 0. The molecular formula is C16H29N. The molecule has 0 aromatic rings. The summed E-state index contributed by atoms with van der Waals surface area (Å²) < 4.78 is 0. The molecule has 0 N–H and O–H groups in total. The van der Waals surface area contributed by atoms with Gasteiger partial charge in [-0.25, -0.2) is 0 Å². The molecule has 1 saturated carbocycles. The molecule has 1 rings (SSSR count). The molecule has 1 nitrogen and oxygen atoms in total. The third-order valence-corrected chi connectivity index (χ3v) is 4.31. The molecule has 0 spiro atoms. The molecule has 1 aliphatic rings. The second-order valence-corrected chi connectivity index (χ2v) is 5.82. The van der Waals surface area contributed by atoms with Gasteiger partial charge in [0, 0.05) is 0 Å². The third-order valence-electron chi connectivity index (χ3n) is 4.31. The lowest BCUT2D eigenvalue weighted by Gasteiger charge is -2.28. The normalized spacial score (nSPS) is 20.2. The van der Waals surface area contributed by atoms with Gasteiger partial charge in [-0.1, -0.05) is 71.1 Å². The Labute approximate surface area is 108 Å². The summed E-state index contributed by atoms with van der Waals surface area (Å²) in [6.45, 7) is 2.26. The van der Waals surface area contributed by atoms with E-state index in [9.17, 15) is 5.26 Å². The lowest BCUT2D eigenvalue weighted by atomic mass is 9.74. The lowest BCUT2D eigenvalue weighted by molar-refractivity contribution is 0.261. The first-order valence-electron chi connectivity index (χ1n) is 7.74. The average molecular weight is 235 g/mol. The van der Waals surface area contributed by atoms with Gasteiger partial charge in [-0.2, -0.15) is 5.26 Å². The molecule has 0 heterocycles. The smallest absolute Gasteiger partial charge is 0.0689 e. The molecule has 0 unspecified atom stereocenters. The highest BCUT2D eigenvalue weighted by Gasteiger charge is 2.29. The molecule has 0 radical (unpaired) electrons. The van der Waals surface area contributed by atoms with Crippen molar-refractivity contribution in [1.82, 2.24) is 0 Å². The zero-order chi connectivity index (χ0) is 12.4. The molecule has 1 heteroatoms. The van der Waals surface area contributed by atoms with Gasteiger partial charge < -0.3 is 0 Å². The summed E-state index contributed by atoms with van der Waals surface area (Å²) in [5, 5.41) is 9.51. The number of rotatable bonds is 6. The van der Waals surface area contributed by atoms with Gasteiger partial charge in [-0.3, -0.25) is 0 Å². The van der Waals surface area contributed by atoms with Gasteiger partial charge in [0.25, 0.3) is 0 Å². The monoisotopic (exact) mass is 235 g/mol. The van der Waals surface area contributed by atoms with E-state index in [1.165, 1.54) is 64.2 Å². The van der Waals surface area contributed by atoms with E-state index < -0.39 is 0 Å². The van der Waals surface area contributed by atoms with Crippen LogP contribution in [0.25, 0.3) is 0 Å². The maximum atomic E-state index is 9.51. The van der Waals surface area contributed by atoms with E-state index in [-0.39, 0.29) is 5.41 Å². The predicted molar refractivity (Wildman–Crippen MR) is 73.7 cm³/mol. The summed E-state index contributed by atoms with van der Waals surface area (Å²) in [6, 6.07) is 2.68. The van der Waals surface area contributed by atoms with Crippen molar-refractivity contribution >= 4 is 0 Å². The van der Waals surface area contributed by atoms with E-state index in [1.54, 1.807) is 0 Å². The minimum Gasteiger partial charge on any atom is -0.198 e. The fraction of sp³-hybridized carbons (Fsp3) is 0.938. The van der Waals surface area contributed by atoms with Crippen LogP contribution < -0.4 is 0 Å². The van der Waals surface area contributed by atoms with E-state index in [1.807, 2.05) is 0 Å². The van der Waals surface area contributed by atoms with Crippen LogP contribution in [0.2, 0.25) is 0 Å². The number of nitriles is 1. The third kappa shape index (κ3) is 5.57. The first-order chi connectivity index (χ1) is 8.33. The molecule has 0 bridgehead atoms. The van der Waals surface area contributed by atoms with E-state index in [4.69, 9.17) is 0 Å². The van der Waals surface area contributed by atoms with Crippen molar-refractivity contribution in [3.8, 4) is 6.07 Å². The van der Waals surface area contributed by atoms with E-state index in [0.29, 0.717) is 0 Å². The highest BCUT2D eigenvalue weighted by Crippen LogP contribution is 2.38. The second kappa shape index (κ2) is 8.56. The van der Waals surface area contributed by atoms with Gasteiger partial charge >= 0.3 is 0 Å². The van der Waals surface area contributed by atoms with Gasteiger partial charge in [-0.15, -0.1) is 0 Å². The number of hydrogen-bond acceptors (Lipinski definition) is 1. The molecule has 0 saturated heterocycles. The van der Waals surface area contributed by atoms with Gasteiger partial charge in [0.05, 0.1) is 11.5 Å². The van der Waals surface area contributed by atoms with Crippen LogP contribution in [-0.2, 0) is 0 Å². The molecule has 17 heavy (non-hydrogen) atoms. The summed E-state index contributed by atoms with van der Waals surface area (Å²) in [7, 11) is 0. The fourth-order valence-corrected chi connectivity index (χ4v) is 3.07. The van der Waals surface area contributed by atoms with E-state index in [2.05, 4.69) is 13.0 Å². The maximum Gasteiger partial charge on any atom is 0.0689 e. The molecule has 0 aromatic heterocycles. The molecule has 98 valence electrons. The minimum absolute atomic E-state index is 0.0482. The van der Waals surface area contributed by atoms with Crippen molar-refractivity contribution in [2.24, 2.45) is 5.41 Å². The predicted octanol–water partition coefficient (Wildman–Crippen LogP) is 5.60. The topological polar surface area (TPSA) is 23.8 Å². The highest BCUT2D eigenvalue weighted by molar-refractivity contribution is 4.99. The van der Waals surface area contributed by atoms with Crippen molar-refractivity contribution in [1.29, 1.82) is 5.26 Å². The first-order valence-corrected chi connectivity index (χ1v) is 7.74. The Bertz CT molecular complexity index is 218. The zero-order valence-corrected chi connectivity index (χ0v) is 11.6. The highest BCUT2D eigenvalue weighted by atomic mass is 14.4. The van der Waals surface area contributed by atoms with Gasteiger partial charge in [0.15, 0.2) is 0 Å². The fourth-order valence-electron chi connectivity index (χ4n) is 3.07. The van der Waals surface area contributed by atoms with E-state index in [0.717, 1.165) is 19.3 Å². The molecule has 0 aromatic carbocycles. The summed E-state index contributed by atoms with van der Waals surface area (Å²) in [5.41, 5.74) is 0.0482. The second-order valence-electron chi connectivity index (χ2n) is 5.82. The SMILES string of the molecule is CCCCCCCC1(C#N)CCCCCCC1. The number of hydrogen-bond donors (Lipinski definition) is 0. The standard InChI is InChI=1S/C16H29N/c1-2-3-4-6-9-12-16(15-17)13-10-7-5-8-11-14-16/h2-14H2,1H3. The Balaban J connectivity index is 2.30. The van der Waals surface area contributed by atoms with Crippen LogP contribution in [0.15, 0.2) is 0 Å². The van der Waals surface area contributed by atoms with Crippen LogP contribution in [0.3, 0.4) is 0 Å². The van der Waals surface area contributed by atoms with Crippen LogP contribution in [0, 0.1) is 16.7 Å². The molecular weight excluding hydrogens is 206 g/mol. The number of unbranched alkanes of at least 4 members (excludes halogenated alkanes) is 4. The summed E-state index contributed by atoms with van der Waals surface area (Å²) >= 11 is 0. The molecule has 0 aliphatic heterocycles. The van der Waals surface area contributed by atoms with Crippen LogP contribution >= 0.6 is 0 Å². The Morgan fingerprint density at radius 2 is 1.47 bits per heavy atom. The van der Waals surface area contributed by atoms with Crippen molar-refractivity contribution < 1.29 is 0 Å². The molecule has 1 fully saturated rings. The van der Waals surface area contributed by atoms with Crippen molar-refractivity contribution in [3.63, 3.8) is 0 Å². The Morgan fingerprint density at radius 1 is 0.882 bits per heavy atom. The van der Waals surface area contributed by atoms with Crippen LogP contribution in [0.4, 0.5) is 0 Å². The summed E-state index contributed by atoms with van der Waals surface area (Å²) in [5.74, 6) is 0. The van der Waals surface area contributed by atoms with Crippen molar-refractivity contribution in [2.75, 3.05) is 0 Å². The lowest BCUT2D eigenvalue weighted by Crippen LogP contribution is -2.20. The Kier molecular flexibility index (Phi) is 7.33. The molecule has 0 atom stereocenters. The van der Waals surface area contributed by atoms with Crippen molar-refractivity contribution in [2.45, 2.75) is 90.4 Å². The Hall–Kier alpha value is -0.510. The van der Waals surface area contributed by atoms with Crippen LogP contribution in [-0.4, -0.2) is 0 Å². The molecule has 0 amide bonds. The molecule has 1 aliphatic carbocycles. The maximum absolute atomic E-state index is 9.51. The van der Waals surface area contributed by atoms with Gasteiger partial charge in [0.1, 0.15) is 0 Å². The quantitative estimate of drug-likeness (QED) is 0.550. The van der Waals surface area contributed by atoms with Crippen LogP contribution in [0.1, 0.15) is 90.4 Å². The van der Waals surface area contributed by atoms with Gasteiger partial charge in [-0.05, 0) is 19.3 Å². The zero-order valence-electron chi connectivity index (χ0n) is 11.6. The van der Waals surface area contributed by atoms with Crippen molar-refractivity contribution in [3.05, 3.63) is 0 Å². The first kappa shape index (κ1) is 14.6. The summed E-state index contributed by atoms with van der Waals surface area (Å²) in [6.07, 6.45) is 16.8.